The van der Waals surface area contributed by atoms with Crippen molar-refractivity contribution in [3.8, 4) is 22.5 Å². The Bertz CT molecular complexity index is 2740. The molecule has 22 heteroatoms. The molecule has 3 saturated heterocycles. The quantitative estimate of drug-likeness (QED) is 0.112. The summed E-state index contributed by atoms with van der Waals surface area (Å²) >= 11 is 1.14. The van der Waals surface area contributed by atoms with Crippen molar-refractivity contribution in [1.29, 1.82) is 0 Å². The van der Waals surface area contributed by atoms with Gasteiger partial charge in [-0.05, 0) is 83.7 Å². The second-order valence-electron chi connectivity index (χ2n) is 22.5. The normalized spacial score (nSPS) is 21.2. The Labute approximate surface area is 439 Å². The Morgan fingerprint density at radius 1 is 1.03 bits per heavy atom. The number of cyclic esters (lactones) is 1. The number of hydrazine groups is 1. The third-order valence-corrected chi connectivity index (χ3v) is 15.2. The Hall–Kier alpha value is -5.42. The fourth-order valence-electron chi connectivity index (χ4n) is 10.0. The number of thiazole rings is 1. The average molecular weight is 1070 g/mol. The van der Waals surface area contributed by atoms with Gasteiger partial charge in [0.15, 0.2) is 0 Å². The summed E-state index contributed by atoms with van der Waals surface area (Å²) in [5, 5.41) is 6.61. The molecule has 4 atom stereocenters. The van der Waals surface area contributed by atoms with Gasteiger partial charge in [-0.15, -0.1) is 11.3 Å². The molecule has 4 aliphatic rings. The van der Waals surface area contributed by atoms with Gasteiger partial charge in [0.1, 0.15) is 30.0 Å². The van der Waals surface area contributed by atoms with Crippen LogP contribution in [0.5, 0.6) is 0 Å². The number of piperazine rings is 1. The number of carbonyl (C=O) groups excluding carboxylic acids is 4. The predicted octanol–water partition coefficient (Wildman–Crippen LogP) is 7.54. The molecule has 0 radical (unpaired) electrons. The summed E-state index contributed by atoms with van der Waals surface area (Å²) in [4.78, 5) is 71.0. The largest absolute Gasteiger partial charge is 0.464 e. The first-order valence-electron chi connectivity index (χ1n) is 25.7. The number of halogens is 4. The first kappa shape index (κ1) is 55.8. The lowest BCUT2D eigenvalue weighted by Gasteiger charge is -2.40. The molecule has 7 heterocycles. The van der Waals surface area contributed by atoms with Gasteiger partial charge < -0.3 is 43.5 Å². The Morgan fingerprint density at radius 3 is 2.41 bits per heavy atom. The maximum atomic E-state index is 16.9. The molecule has 17 nitrogen and oxygen atoms in total. The van der Waals surface area contributed by atoms with Crippen LogP contribution in [0.25, 0.3) is 33.4 Å². The van der Waals surface area contributed by atoms with E-state index >= 15 is 17.6 Å². The number of likely N-dealkylation sites (N-methyl/N-ethyl adjacent to an activating group) is 1. The molecule has 0 aliphatic carbocycles. The number of pyridine rings is 1. The highest BCUT2D eigenvalue weighted by atomic mass is 32.1. The molecule has 1 aromatic carbocycles. The van der Waals surface area contributed by atoms with E-state index in [2.05, 4.69) is 20.5 Å². The van der Waals surface area contributed by atoms with Crippen LogP contribution in [0.15, 0.2) is 29.8 Å². The molecule has 4 aliphatic heterocycles. The molecule has 410 valence electrons. The third kappa shape index (κ3) is 13.1. The molecule has 2 N–H and O–H groups in total. The number of hydrogen-bond donors (Lipinski definition) is 2. The van der Waals surface area contributed by atoms with E-state index in [0.717, 1.165) is 35.1 Å². The maximum Gasteiger partial charge on any atom is 0.410 e. The van der Waals surface area contributed by atoms with Crippen molar-refractivity contribution in [3.63, 3.8) is 0 Å². The molecular formula is C53H71F4N9O8S. The molecule has 0 unspecified atom stereocenters. The third-order valence-electron chi connectivity index (χ3n) is 14.3. The summed E-state index contributed by atoms with van der Waals surface area (Å²) in [6.07, 6.45) is -3.71. The highest BCUT2D eigenvalue weighted by molar-refractivity contribution is 7.10. The number of fused-ring (bicyclic) bond motifs is 6. The van der Waals surface area contributed by atoms with Crippen molar-refractivity contribution in [2.45, 2.75) is 124 Å². The number of alkyl halides is 3. The molecule has 4 aromatic rings. The van der Waals surface area contributed by atoms with E-state index in [1.165, 1.54) is 23.1 Å². The molecule has 75 heavy (non-hydrogen) atoms. The van der Waals surface area contributed by atoms with Gasteiger partial charge in [-0.3, -0.25) is 24.4 Å². The lowest BCUT2D eigenvalue weighted by atomic mass is 9.84. The van der Waals surface area contributed by atoms with Gasteiger partial charge in [0, 0.05) is 73.6 Å². The number of nitrogens with one attached hydrogen (secondary N) is 2. The number of ether oxygens (including phenoxy) is 4. The summed E-state index contributed by atoms with van der Waals surface area (Å²) in [6.45, 7) is 16.6. The number of aromatic nitrogens is 3. The van der Waals surface area contributed by atoms with Crippen LogP contribution in [0.1, 0.15) is 90.6 Å². The molecular weight excluding hydrogens is 999 g/mol. The zero-order valence-corrected chi connectivity index (χ0v) is 45.4. The Kier molecular flexibility index (Phi) is 16.6. The molecule has 3 fully saturated rings. The number of benzene rings is 1. The fourth-order valence-corrected chi connectivity index (χ4v) is 10.8. The minimum Gasteiger partial charge on any atom is -0.464 e. The summed E-state index contributed by atoms with van der Waals surface area (Å²) in [5.74, 6) is -3.38. The van der Waals surface area contributed by atoms with E-state index in [4.69, 9.17) is 28.9 Å². The molecule has 0 spiro atoms. The molecule has 8 rings (SSSR count). The lowest BCUT2D eigenvalue weighted by Crippen LogP contribution is -2.61. The van der Waals surface area contributed by atoms with E-state index in [1.807, 2.05) is 40.8 Å². The highest BCUT2D eigenvalue weighted by Crippen LogP contribution is 2.45. The maximum absolute atomic E-state index is 16.9. The Morgan fingerprint density at radius 2 is 1.75 bits per heavy atom. The number of rotatable bonds is 11. The van der Waals surface area contributed by atoms with Crippen LogP contribution >= 0.6 is 11.3 Å². The monoisotopic (exact) mass is 1070 g/mol. The minimum atomic E-state index is -4.74. The van der Waals surface area contributed by atoms with E-state index in [1.54, 1.807) is 39.3 Å². The van der Waals surface area contributed by atoms with E-state index in [0.29, 0.717) is 71.9 Å². The first-order chi connectivity index (χ1) is 35.3. The number of esters is 1. The van der Waals surface area contributed by atoms with Crippen molar-refractivity contribution in [1.82, 2.24) is 40.1 Å². The van der Waals surface area contributed by atoms with Crippen LogP contribution in [0.2, 0.25) is 0 Å². The smallest absolute Gasteiger partial charge is 0.410 e. The summed E-state index contributed by atoms with van der Waals surface area (Å²) in [6, 6.07) is 2.36. The molecule has 3 aromatic heterocycles. The zero-order chi connectivity index (χ0) is 54.3. The number of hydrogen-bond acceptors (Lipinski definition) is 14. The molecule has 0 saturated carbocycles. The van der Waals surface area contributed by atoms with Crippen LogP contribution in [0.4, 0.5) is 28.0 Å². The second-order valence-corrected chi connectivity index (χ2v) is 23.5. The molecule has 3 amide bonds. The number of amides is 3. The highest BCUT2D eigenvalue weighted by Gasteiger charge is 2.40. The number of carbonyl (C=O) groups is 4. The standard InChI is InChI=1S/C53H71F4N9O8S/c1-30(2)38(26-72-33-24-64(25-33)50(70)74-51(4,5)6)47(67)60-41-21-44-59-42(27-75-44)35-19-34-37(22-52(7,8)29-73-49(69)40-12-11-13-66(61-40)48(41)68)46(65(28-53(55,56)57)43(34)20-39(35)54)36-18-32(23-58-45(36)31(3)71-10)63-16-14-62(9)15-17-63/h18-20,23,27,30-31,33,38,40-41,61H,11-17,21-22,24-26,28-29H2,1-10H3,(H,60,67)/t31-,38-,40-,41-/m0/s1. The van der Waals surface area contributed by atoms with Gasteiger partial charge in [-0.2, -0.15) is 13.2 Å². The van der Waals surface area contributed by atoms with Gasteiger partial charge >= 0.3 is 18.2 Å². The van der Waals surface area contributed by atoms with Gasteiger partial charge in [-0.25, -0.2) is 19.6 Å². The summed E-state index contributed by atoms with van der Waals surface area (Å²) in [7, 11) is 3.53. The first-order valence-corrected chi connectivity index (χ1v) is 26.6. The van der Waals surface area contributed by atoms with Crippen molar-refractivity contribution in [2.24, 2.45) is 17.3 Å². The minimum absolute atomic E-state index is 0.00141. The number of nitrogens with zero attached hydrogens (tertiary/aromatic N) is 7. The van der Waals surface area contributed by atoms with Crippen LogP contribution in [-0.2, 0) is 52.7 Å². The Balaban J connectivity index is 1.19. The number of methoxy groups -OCH3 is 1. The predicted molar refractivity (Wildman–Crippen MR) is 275 cm³/mol. The topological polar surface area (TPSA) is 173 Å². The van der Waals surface area contributed by atoms with Crippen LogP contribution < -0.4 is 15.6 Å². The number of likely N-dealkylation sites (tertiary alicyclic amines) is 1. The number of anilines is 1. The van der Waals surface area contributed by atoms with E-state index < -0.39 is 77.5 Å². The SMILES string of the molecule is CO[C@@H](C)c1ncc(N2CCN(C)CC2)cc1-c1c2c3cc(c(F)cc3n1CC(F)(F)F)-c1csc(n1)C[C@H](NC(=O)[C@@H](COC1CN(C(=O)OC(C)(C)C)C1)C(C)C)C(=O)N1CCC[C@H](N1)C(=O)OCC(C)(C)C2. The van der Waals surface area contributed by atoms with Gasteiger partial charge in [-0.1, -0.05) is 27.7 Å². The van der Waals surface area contributed by atoms with Crippen LogP contribution in [-0.4, -0.2) is 156 Å². The van der Waals surface area contributed by atoms with Gasteiger partial charge in [0.05, 0.1) is 83.9 Å². The summed E-state index contributed by atoms with van der Waals surface area (Å²) in [5.41, 5.74) is 3.85. The lowest BCUT2D eigenvalue weighted by molar-refractivity contribution is -0.155. The molecule has 6 bridgehead atoms. The van der Waals surface area contributed by atoms with Crippen molar-refractivity contribution in [3.05, 3.63) is 51.9 Å². The van der Waals surface area contributed by atoms with Crippen LogP contribution in [0, 0.1) is 23.1 Å². The van der Waals surface area contributed by atoms with Crippen molar-refractivity contribution < 1.29 is 55.7 Å². The fraction of sp³-hybridized carbons (Fsp3) is 0.623. The van der Waals surface area contributed by atoms with Crippen LogP contribution in [0.3, 0.4) is 0 Å². The van der Waals surface area contributed by atoms with Crippen molar-refractivity contribution in [2.75, 3.05) is 78.1 Å². The van der Waals surface area contributed by atoms with Gasteiger partial charge in [0.25, 0.3) is 5.91 Å². The van der Waals surface area contributed by atoms with E-state index in [-0.39, 0.29) is 67.1 Å². The summed E-state index contributed by atoms with van der Waals surface area (Å²) < 4.78 is 86.5. The van der Waals surface area contributed by atoms with Crippen molar-refractivity contribution >= 4 is 51.8 Å². The average Bonchev–Trinajstić information content (AvgIpc) is 3.90. The van der Waals surface area contributed by atoms with Gasteiger partial charge in [0.2, 0.25) is 5.91 Å². The second kappa shape index (κ2) is 22.3. The zero-order valence-electron chi connectivity index (χ0n) is 44.6. The van der Waals surface area contributed by atoms with E-state index in [9.17, 15) is 19.2 Å².